The molecule has 1 aromatic heterocycles. The number of nitriles is 1. The van der Waals surface area contributed by atoms with Gasteiger partial charge in [-0.15, -0.1) is 0 Å². The first-order valence-electron chi connectivity index (χ1n) is 4.50. The lowest BCUT2D eigenvalue weighted by molar-refractivity contribution is 1.17. The van der Waals surface area contributed by atoms with Gasteiger partial charge in [0.1, 0.15) is 6.33 Å². The molecule has 0 fully saturated rings. The second kappa shape index (κ2) is 4.73. The molecule has 0 bridgehead atoms. The third kappa shape index (κ3) is 2.55. The Morgan fingerprint density at radius 1 is 1.12 bits per heavy atom. The number of hydrogen-bond donors (Lipinski definition) is 1. The van der Waals surface area contributed by atoms with E-state index in [1.165, 1.54) is 6.33 Å². The lowest BCUT2D eigenvalue weighted by atomic mass is 10.2. The number of benzene rings is 1. The number of hydrogen-bond acceptors (Lipinski definition) is 4. The van der Waals surface area contributed by atoms with E-state index in [1.54, 1.807) is 24.5 Å². The zero-order chi connectivity index (χ0) is 11.4. The number of anilines is 2. The van der Waals surface area contributed by atoms with Gasteiger partial charge in [-0.05, 0) is 18.2 Å². The van der Waals surface area contributed by atoms with Gasteiger partial charge in [0.25, 0.3) is 0 Å². The number of aromatic nitrogens is 2. The van der Waals surface area contributed by atoms with Crippen molar-refractivity contribution < 1.29 is 0 Å². The molecule has 0 aliphatic rings. The standard InChI is InChI=1S/C11H7BrN4/c12-9-1-8(4-13)2-10(3-9)16-11-5-14-7-15-6-11/h1-3,5-7,16H. The Labute approximate surface area is 101 Å². The summed E-state index contributed by atoms with van der Waals surface area (Å²) in [5.41, 5.74) is 2.19. The normalized spacial score (nSPS) is 9.50. The van der Waals surface area contributed by atoms with E-state index in [-0.39, 0.29) is 0 Å². The highest BCUT2D eigenvalue weighted by molar-refractivity contribution is 9.10. The lowest BCUT2D eigenvalue weighted by Crippen LogP contribution is -1.92. The van der Waals surface area contributed by atoms with E-state index in [2.05, 4.69) is 37.3 Å². The smallest absolute Gasteiger partial charge is 0.115 e. The van der Waals surface area contributed by atoms with Crippen molar-refractivity contribution in [3.8, 4) is 6.07 Å². The van der Waals surface area contributed by atoms with Gasteiger partial charge in [0, 0.05) is 10.2 Å². The van der Waals surface area contributed by atoms with E-state index in [9.17, 15) is 0 Å². The van der Waals surface area contributed by atoms with Gasteiger partial charge in [-0.25, -0.2) is 9.97 Å². The van der Waals surface area contributed by atoms with E-state index >= 15 is 0 Å². The quantitative estimate of drug-likeness (QED) is 0.915. The van der Waals surface area contributed by atoms with Crippen LogP contribution in [-0.4, -0.2) is 9.97 Å². The molecule has 0 unspecified atom stereocenters. The summed E-state index contributed by atoms with van der Waals surface area (Å²) in [5, 5.41) is 11.9. The number of rotatable bonds is 2. The highest BCUT2D eigenvalue weighted by Gasteiger charge is 1.99. The summed E-state index contributed by atoms with van der Waals surface area (Å²) in [4.78, 5) is 7.79. The molecule has 2 aromatic rings. The van der Waals surface area contributed by atoms with Crippen LogP contribution in [0.25, 0.3) is 0 Å². The van der Waals surface area contributed by atoms with Crippen molar-refractivity contribution in [2.45, 2.75) is 0 Å². The Morgan fingerprint density at radius 3 is 2.56 bits per heavy atom. The first kappa shape index (κ1) is 10.6. The van der Waals surface area contributed by atoms with Crippen LogP contribution in [0.5, 0.6) is 0 Å². The topological polar surface area (TPSA) is 61.6 Å². The number of nitrogens with one attached hydrogen (secondary N) is 1. The van der Waals surface area contributed by atoms with E-state index < -0.39 is 0 Å². The van der Waals surface area contributed by atoms with Crippen molar-refractivity contribution >= 4 is 27.3 Å². The Bertz CT molecular complexity index is 533. The average molecular weight is 275 g/mol. The largest absolute Gasteiger partial charge is 0.353 e. The maximum atomic E-state index is 8.83. The predicted octanol–water partition coefficient (Wildman–Crippen LogP) is 2.85. The molecule has 0 radical (unpaired) electrons. The van der Waals surface area contributed by atoms with E-state index in [0.29, 0.717) is 5.56 Å². The van der Waals surface area contributed by atoms with Gasteiger partial charge in [-0.2, -0.15) is 5.26 Å². The molecule has 0 aliphatic carbocycles. The minimum Gasteiger partial charge on any atom is -0.353 e. The van der Waals surface area contributed by atoms with E-state index in [0.717, 1.165) is 15.8 Å². The number of nitrogens with zero attached hydrogens (tertiary/aromatic N) is 3. The summed E-state index contributed by atoms with van der Waals surface area (Å²) >= 11 is 3.34. The second-order valence-corrected chi connectivity index (χ2v) is 4.01. The van der Waals surface area contributed by atoms with Crippen LogP contribution in [0.2, 0.25) is 0 Å². The predicted molar refractivity (Wildman–Crippen MR) is 64.2 cm³/mol. The van der Waals surface area contributed by atoms with Crippen molar-refractivity contribution in [1.29, 1.82) is 5.26 Å². The summed E-state index contributed by atoms with van der Waals surface area (Å²) < 4.78 is 0.853. The minimum atomic E-state index is 0.591. The Kier molecular flexibility index (Phi) is 3.13. The van der Waals surface area contributed by atoms with Gasteiger partial charge in [0.15, 0.2) is 0 Å². The molecule has 0 saturated carbocycles. The van der Waals surface area contributed by atoms with Crippen LogP contribution in [0.15, 0.2) is 41.4 Å². The molecule has 0 aliphatic heterocycles. The molecule has 5 heteroatoms. The highest BCUT2D eigenvalue weighted by Crippen LogP contribution is 2.21. The first-order chi connectivity index (χ1) is 7.78. The van der Waals surface area contributed by atoms with Crippen molar-refractivity contribution in [3.05, 3.63) is 47.0 Å². The van der Waals surface area contributed by atoms with Crippen molar-refractivity contribution in [3.63, 3.8) is 0 Å². The molecule has 78 valence electrons. The molecule has 0 spiro atoms. The lowest BCUT2D eigenvalue weighted by Gasteiger charge is -2.06. The van der Waals surface area contributed by atoms with E-state index in [1.807, 2.05) is 6.07 Å². The molecule has 16 heavy (non-hydrogen) atoms. The molecule has 1 N–H and O–H groups in total. The average Bonchev–Trinajstić information content (AvgIpc) is 2.29. The second-order valence-electron chi connectivity index (χ2n) is 3.09. The summed E-state index contributed by atoms with van der Waals surface area (Å²) in [6, 6.07) is 7.49. The molecule has 2 rings (SSSR count). The molecular formula is C11H7BrN4. The fraction of sp³-hybridized carbons (Fsp3) is 0. The summed E-state index contributed by atoms with van der Waals surface area (Å²) in [5.74, 6) is 0. The Morgan fingerprint density at radius 2 is 1.88 bits per heavy atom. The molecule has 0 saturated heterocycles. The Balaban J connectivity index is 2.29. The SMILES string of the molecule is N#Cc1cc(Br)cc(Nc2cncnc2)c1. The minimum absolute atomic E-state index is 0.591. The van der Waals surface area contributed by atoms with Gasteiger partial charge in [0.05, 0.1) is 29.7 Å². The molecule has 4 nitrogen and oxygen atoms in total. The van der Waals surface area contributed by atoms with Gasteiger partial charge in [-0.1, -0.05) is 15.9 Å². The van der Waals surface area contributed by atoms with Gasteiger partial charge in [-0.3, -0.25) is 0 Å². The zero-order valence-corrected chi connectivity index (χ0v) is 9.77. The van der Waals surface area contributed by atoms with Crippen LogP contribution in [-0.2, 0) is 0 Å². The maximum Gasteiger partial charge on any atom is 0.115 e. The van der Waals surface area contributed by atoms with Gasteiger partial charge >= 0.3 is 0 Å². The zero-order valence-electron chi connectivity index (χ0n) is 8.18. The molecule has 1 aromatic carbocycles. The molecule has 1 heterocycles. The van der Waals surface area contributed by atoms with Crippen molar-refractivity contribution in [2.75, 3.05) is 5.32 Å². The van der Waals surface area contributed by atoms with Gasteiger partial charge in [0.2, 0.25) is 0 Å². The highest BCUT2D eigenvalue weighted by atomic mass is 79.9. The monoisotopic (exact) mass is 274 g/mol. The van der Waals surface area contributed by atoms with Crippen LogP contribution >= 0.6 is 15.9 Å². The van der Waals surface area contributed by atoms with Crippen molar-refractivity contribution in [1.82, 2.24) is 9.97 Å². The Hall–Kier alpha value is -1.93. The first-order valence-corrected chi connectivity index (χ1v) is 5.30. The van der Waals surface area contributed by atoms with E-state index in [4.69, 9.17) is 5.26 Å². The maximum absolute atomic E-state index is 8.83. The summed E-state index contributed by atoms with van der Waals surface area (Å²) in [6.07, 6.45) is 4.80. The van der Waals surface area contributed by atoms with Crippen molar-refractivity contribution in [2.24, 2.45) is 0 Å². The fourth-order valence-corrected chi connectivity index (χ4v) is 1.75. The third-order valence-electron chi connectivity index (χ3n) is 1.88. The van der Waals surface area contributed by atoms with Crippen LogP contribution < -0.4 is 5.32 Å². The third-order valence-corrected chi connectivity index (χ3v) is 2.33. The summed E-state index contributed by atoms with van der Waals surface area (Å²) in [6.45, 7) is 0. The molecular weight excluding hydrogens is 268 g/mol. The van der Waals surface area contributed by atoms with Crippen LogP contribution in [0.3, 0.4) is 0 Å². The van der Waals surface area contributed by atoms with Gasteiger partial charge < -0.3 is 5.32 Å². The van der Waals surface area contributed by atoms with Crippen LogP contribution in [0.4, 0.5) is 11.4 Å². The summed E-state index contributed by atoms with van der Waals surface area (Å²) in [7, 11) is 0. The number of halogens is 1. The van der Waals surface area contributed by atoms with Crippen LogP contribution in [0, 0.1) is 11.3 Å². The fourth-order valence-electron chi connectivity index (χ4n) is 1.26. The molecule has 0 amide bonds. The van der Waals surface area contributed by atoms with Crippen LogP contribution in [0.1, 0.15) is 5.56 Å². The molecule has 0 atom stereocenters.